The molecule has 0 aliphatic rings. The summed E-state index contributed by atoms with van der Waals surface area (Å²) in [5.74, 6) is -1.85. The molecule has 3 rings (SSSR count). The molecule has 0 aliphatic carbocycles. The number of aryl methyl sites for hydroxylation is 2. The van der Waals surface area contributed by atoms with Crippen molar-refractivity contribution in [2.45, 2.75) is 26.8 Å². The van der Waals surface area contributed by atoms with Crippen LogP contribution in [0.3, 0.4) is 0 Å². The van der Waals surface area contributed by atoms with Gasteiger partial charge in [0.15, 0.2) is 0 Å². The van der Waals surface area contributed by atoms with Gasteiger partial charge in [-0.25, -0.2) is 4.39 Å². The van der Waals surface area contributed by atoms with Gasteiger partial charge < -0.3 is 15.6 Å². The molecular weight excluding hydrogens is 361 g/mol. The number of hydrogen-bond acceptors (Lipinski definition) is 3. The molecule has 0 radical (unpaired) electrons. The quantitative estimate of drug-likeness (QED) is 0.649. The molecular formula is C21H20FN3O3. The molecule has 2 amide bonds. The van der Waals surface area contributed by atoms with Crippen LogP contribution in [0.2, 0.25) is 0 Å². The second kappa shape index (κ2) is 7.64. The van der Waals surface area contributed by atoms with E-state index in [1.165, 1.54) is 31.2 Å². The van der Waals surface area contributed by atoms with Gasteiger partial charge in [-0.3, -0.25) is 14.4 Å². The Balaban J connectivity index is 1.80. The van der Waals surface area contributed by atoms with E-state index >= 15 is 0 Å². The summed E-state index contributed by atoms with van der Waals surface area (Å²) in [7, 11) is 0. The molecule has 2 aromatic carbocycles. The Morgan fingerprint density at radius 3 is 2.54 bits per heavy atom. The van der Waals surface area contributed by atoms with Crippen molar-refractivity contribution in [2.75, 3.05) is 5.32 Å². The van der Waals surface area contributed by atoms with E-state index in [-0.39, 0.29) is 11.3 Å². The van der Waals surface area contributed by atoms with E-state index in [9.17, 15) is 18.8 Å². The van der Waals surface area contributed by atoms with Crippen LogP contribution in [0.15, 0.2) is 47.3 Å². The average Bonchev–Trinajstić information content (AvgIpc) is 2.63. The molecule has 7 heteroatoms. The van der Waals surface area contributed by atoms with E-state index in [0.717, 1.165) is 16.5 Å². The highest BCUT2D eigenvalue weighted by molar-refractivity contribution is 6.02. The SMILES string of the molecule is Cc1cc(C)c2[nH]c(=O)c(C(=O)NC(C)C(=O)Nc3ccccc3F)cc2c1. The van der Waals surface area contributed by atoms with E-state index in [1.54, 1.807) is 6.07 Å². The highest BCUT2D eigenvalue weighted by Crippen LogP contribution is 2.18. The molecule has 0 saturated carbocycles. The first-order valence-corrected chi connectivity index (χ1v) is 8.77. The number of pyridine rings is 1. The first-order valence-electron chi connectivity index (χ1n) is 8.77. The Morgan fingerprint density at radius 2 is 1.82 bits per heavy atom. The molecule has 0 aliphatic heterocycles. The van der Waals surface area contributed by atoms with Gasteiger partial charge in [0, 0.05) is 0 Å². The normalized spacial score (nSPS) is 11.9. The number of nitrogens with one attached hydrogen (secondary N) is 3. The van der Waals surface area contributed by atoms with Crippen LogP contribution >= 0.6 is 0 Å². The van der Waals surface area contributed by atoms with Crippen molar-refractivity contribution in [1.29, 1.82) is 0 Å². The predicted molar refractivity (Wildman–Crippen MR) is 106 cm³/mol. The van der Waals surface area contributed by atoms with Crippen LogP contribution in [-0.2, 0) is 4.79 Å². The van der Waals surface area contributed by atoms with Crippen LogP contribution in [0, 0.1) is 19.7 Å². The Kier molecular flexibility index (Phi) is 5.26. The lowest BCUT2D eigenvalue weighted by Crippen LogP contribution is -2.43. The van der Waals surface area contributed by atoms with E-state index in [1.807, 2.05) is 26.0 Å². The highest BCUT2D eigenvalue weighted by Gasteiger charge is 2.20. The number of fused-ring (bicyclic) bond motifs is 1. The molecule has 0 spiro atoms. The first kappa shape index (κ1) is 19.3. The lowest BCUT2D eigenvalue weighted by molar-refractivity contribution is -0.117. The number of benzene rings is 2. The predicted octanol–water partition coefficient (Wildman–Crippen LogP) is 3.04. The molecule has 3 N–H and O–H groups in total. The smallest absolute Gasteiger partial charge is 0.261 e. The van der Waals surface area contributed by atoms with Gasteiger partial charge in [0.05, 0.1) is 11.2 Å². The number of halogens is 1. The lowest BCUT2D eigenvalue weighted by Gasteiger charge is -2.14. The zero-order valence-corrected chi connectivity index (χ0v) is 15.7. The van der Waals surface area contributed by atoms with E-state index in [2.05, 4.69) is 15.6 Å². The minimum Gasteiger partial charge on any atom is -0.340 e. The summed E-state index contributed by atoms with van der Waals surface area (Å²) in [6.07, 6.45) is 0. The molecule has 0 bridgehead atoms. The summed E-state index contributed by atoms with van der Waals surface area (Å²) >= 11 is 0. The Morgan fingerprint density at radius 1 is 1.11 bits per heavy atom. The van der Waals surface area contributed by atoms with Gasteiger partial charge >= 0.3 is 0 Å². The van der Waals surface area contributed by atoms with Crippen LogP contribution in [0.4, 0.5) is 10.1 Å². The summed E-state index contributed by atoms with van der Waals surface area (Å²) in [4.78, 5) is 39.8. The minimum absolute atomic E-state index is 0.0168. The van der Waals surface area contributed by atoms with Gasteiger partial charge in [0.2, 0.25) is 5.91 Å². The van der Waals surface area contributed by atoms with Crippen LogP contribution in [-0.4, -0.2) is 22.8 Å². The first-order chi connectivity index (χ1) is 13.3. The molecule has 1 unspecified atom stereocenters. The Bertz CT molecular complexity index is 1140. The monoisotopic (exact) mass is 381 g/mol. The average molecular weight is 381 g/mol. The topological polar surface area (TPSA) is 91.1 Å². The van der Waals surface area contributed by atoms with Crippen LogP contribution in [0.25, 0.3) is 10.9 Å². The van der Waals surface area contributed by atoms with Crippen molar-refractivity contribution in [3.8, 4) is 0 Å². The molecule has 1 aromatic heterocycles. The Labute approximate surface area is 160 Å². The van der Waals surface area contributed by atoms with Gasteiger partial charge in [0.25, 0.3) is 11.5 Å². The Hall–Kier alpha value is -3.48. The van der Waals surface area contributed by atoms with E-state index in [0.29, 0.717) is 5.52 Å². The van der Waals surface area contributed by atoms with E-state index in [4.69, 9.17) is 0 Å². The number of hydrogen-bond donors (Lipinski definition) is 3. The van der Waals surface area contributed by atoms with Gasteiger partial charge in [-0.2, -0.15) is 0 Å². The summed E-state index contributed by atoms with van der Waals surface area (Å²) in [5.41, 5.74) is 1.94. The second-order valence-corrected chi connectivity index (χ2v) is 6.72. The molecule has 0 fully saturated rings. The maximum atomic E-state index is 13.7. The number of H-pyrrole nitrogens is 1. The number of para-hydroxylation sites is 1. The zero-order chi connectivity index (χ0) is 20.4. The molecule has 144 valence electrons. The molecule has 3 aromatic rings. The molecule has 28 heavy (non-hydrogen) atoms. The van der Waals surface area contributed by atoms with Crippen molar-refractivity contribution in [3.05, 3.63) is 75.3 Å². The van der Waals surface area contributed by atoms with Crippen molar-refractivity contribution >= 4 is 28.4 Å². The zero-order valence-electron chi connectivity index (χ0n) is 15.7. The second-order valence-electron chi connectivity index (χ2n) is 6.72. The van der Waals surface area contributed by atoms with Crippen LogP contribution in [0.5, 0.6) is 0 Å². The molecule has 0 saturated heterocycles. The van der Waals surface area contributed by atoms with Crippen molar-refractivity contribution in [1.82, 2.24) is 10.3 Å². The largest absolute Gasteiger partial charge is 0.340 e. The minimum atomic E-state index is -0.971. The standard InChI is InChI=1S/C21H20FN3O3/c1-11-8-12(2)18-14(9-11)10-15(21(28)25-18)20(27)23-13(3)19(26)24-17-7-5-4-6-16(17)22/h4-10,13H,1-3H3,(H,23,27)(H,24,26)(H,25,28). The molecule has 1 heterocycles. The fraction of sp³-hybridized carbons (Fsp3) is 0.190. The van der Waals surface area contributed by atoms with E-state index < -0.39 is 29.2 Å². The van der Waals surface area contributed by atoms with Gasteiger partial charge in [-0.15, -0.1) is 0 Å². The maximum Gasteiger partial charge on any atom is 0.261 e. The fourth-order valence-electron chi connectivity index (χ4n) is 3.00. The summed E-state index contributed by atoms with van der Waals surface area (Å²) < 4.78 is 13.7. The number of aromatic amines is 1. The van der Waals surface area contributed by atoms with Gasteiger partial charge in [-0.05, 0) is 56.0 Å². The maximum absolute atomic E-state index is 13.7. The van der Waals surface area contributed by atoms with Crippen molar-refractivity contribution in [2.24, 2.45) is 0 Å². The third-order valence-corrected chi connectivity index (χ3v) is 4.41. The highest BCUT2D eigenvalue weighted by atomic mass is 19.1. The van der Waals surface area contributed by atoms with Crippen LogP contribution in [0.1, 0.15) is 28.4 Å². The summed E-state index contributed by atoms with van der Waals surface area (Å²) in [6, 6.07) is 10.1. The number of rotatable bonds is 4. The third kappa shape index (κ3) is 3.93. The summed E-state index contributed by atoms with van der Waals surface area (Å²) in [6.45, 7) is 5.25. The number of carbonyl (C=O) groups excluding carboxylic acids is 2. The van der Waals surface area contributed by atoms with Crippen molar-refractivity contribution < 1.29 is 14.0 Å². The lowest BCUT2D eigenvalue weighted by atomic mass is 10.0. The molecule has 6 nitrogen and oxygen atoms in total. The number of aromatic nitrogens is 1. The summed E-state index contributed by atoms with van der Waals surface area (Å²) in [5, 5.41) is 5.62. The third-order valence-electron chi connectivity index (χ3n) is 4.41. The van der Waals surface area contributed by atoms with Crippen molar-refractivity contribution in [3.63, 3.8) is 0 Å². The van der Waals surface area contributed by atoms with Gasteiger partial charge in [0.1, 0.15) is 17.4 Å². The number of anilines is 1. The number of carbonyl (C=O) groups is 2. The fourth-order valence-corrected chi connectivity index (χ4v) is 3.00. The van der Waals surface area contributed by atoms with Gasteiger partial charge in [-0.1, -0.05) is 23.8 Å². The number of amides is 2. The molecule has 1 atom stereocenters. The van der Waals surface area contributed by atoms with Crippen LogP contribution < -0.4 is 16.2 Å².